The van der Waals surface area contributed by atoms with E-state index < -0.39 is 6.36 Å². The summed E-state index contributed by atoms with van der Waals surface area (Å²) in [5, 5.41) is 8.61. The molecule has 180 valence electrons. The van der Waals surface area contributed by atoms with Crippen molar-refractivity contribution in [1.82, 2.24) is 0 Å². The van der Waals surface area contributed by atoms with Crippen molar-refractivity contribution >= 4 is 17.9 Å². The number of benzene rings is 2. The maximum Gasteiger partial charge on any atom is 0.573 e. The van der Waals surface area contributed by atoms with E-state index in [-0.39, 0.29) is 24.7 Å². The van der Waals surface area contributed by atoms with Crippen molar-refractivity contribution in [3.05, 3.63) is 59.2 Å². The van der Waals surface area contributed by atoms with Crippen molar-refractivity contribution in [1.29, 1.82) is 0 Å². The minimum absolute atomic E-state index is 0.0310. The number of carbonyl (C=O) groups excluding carboxylic acids is 1. The Morgan fingerprint density at radius 3 is 2.30 bits per heavy atom. The van der Waals surface area contributed by atoms with E-state index in [4.69, 9.17) is 19.3 Å². The van der Waals surface area contributed by atoms with Gasteiger partial charge in [0.25, 0.3) is 0 Å². The maximum atomic E-state index is 12.5. The average molecular weight is 468 g/mol. The van der Waals surface area contributed by atoms with Gasteiger partial charge in [0.05, 0.1) is 33.5 Å². The molecule has 2 aromatic carbocycles. The number of Topliss-reactive ketones (excluding diaryl/α,β-unsaturated/α-hetero) is 1. The van der Waals surface area contributed by atoms with Crippen LogP contribution in [0.4, 0.5) is 13.2 Å². The van der Waals surface area contributed by atoms with E-state index >= 15 is 0 Å². The molecule has 0 heterocycles. The number of halogens is 3. The predicted octanol–water partition coefficient (Wildman–Crippen LogP) is 4.75. The van der Waals surface area contributed by atoms with Gasteiger partial charge in [0.1, 0.15) is 11.5 Å². The summed E-state index contributed by atoms with van der Waals surface area (Å²) in [4.78, 5) is 12.5. The molecule has 6 nitrogen and oxygen atoms in total. The molecule has 2 aromatic rings. The third-order valence-electron chi connectivity index (χ3n) is 4.42. The fraction of sp³-hybridized carbons (Fsp3) is 0.375. The normalized spacial score (nSPS) is 11.7. The third kappa shape index (κ3) is 10.1. The summed E-state index contributed by atoms with van der Waals surface area (Å²) in [5.74, 6) is 0.221. The second kappa shape index (κ2) is 13.6. The maximum absolute atomic E-state index is 12.5. The Bertz CT molecular complexity index is 894. The van der Waals surface area contributed by atoms with Gasteiger partial charge in [-0.25, -0.2) is 0 Å². The van der Waals surface area contributed by atoms with Gasteiger partial charge in [0.15, 0.2) is 5.78 Å². The van der Waals surface area contributed by atoms with Crippen LogP contribution in [0.1, 0.15) is 34.3 Å². The first-order valence-corrected chi connectivity index (χ1v) is 10.3. The number of hydrogen-bond donors (Lipinski definition) is 1. The molecule has 0 saturated carbocycles. The van der Waals surface area contributed by atoms with Crippen LogP contribution >= 0.6 is 0 Å². The first-order valence-electron chi connectivity index (χ1n) is 10.3. The number of aliphatic hydroxyl groups is 1. The van der Waals surface area contributed by atoms with E-state index in [2.05, 4.69) is 4.74 Å². The van der Waals surface area contributed by atoms with Crippen LogP contribution < -0.4 is 9.47 Å². The molecule has 0 aliphatic carbocycles. The molecule has 0 unspecified atom stereocenters. The summed E-state index contributed by atoms with van der Waals surface area (Å²) in [5.41, 5.74) is 1.84. The predicted molar refractivity (Wildman–Crippen MR) is 117 cm³/mol. The first-order chi connectivity index (χ1) is 15.8. The summed E-state index contributed by atoms with van der Waals surface area (Å²) in [6.45, 7) is 1.45. The Balaban J connectivity index is 1.93. The highest BCUT2D eigenvalue weighted by Crippen LogP contribution is 2.25. The lowest BCUT2D eigenvalue weighted by atomic mass is 10.0. The number of ether oxygens (including phenoxy) is 4. The smallest absolute Gasteiger partial charge is 0.496 e. The van der Waals surface area contributed by atoms with Crippen LogP contribution in [0, 0.1) is 0 Å². The van der Waals surface area contributed by atoms with Crippen LogP contribution in [0.25, 0.3) is 12.2 Å². The van der Waals surface area contributed by atoms with Gasteiger partial charge < -0.3 is 24.1 Å². The largest absolute Gasteiger partial charge is 0.573 e. The molecule has 9 heteroatoms. The Morgan fingerprint density at radius 1 is 0.970 bits per heavy atom. The third-order valence-corrected chi connectivity index (χ3v) is 4.42. The monoisotopic (exact) mass is 468 g/mol. The average Bonchev–Trinajstić information content (AvgIpc) is 2.79. The molecule has 33 heavy (non-hydrogen) atoms. The molecule has 0 saturated heterocycles. The van der Waals surface area contributed by atoms with E-state index in [1.807, 2.05) is 0 Å². The molecular formula is C24H27F3O6. The van der Waals surface area contributed by atoms with Crippen LogP contribution in [0.5, 0.6) is 11.5 Å². The van der Waals surface area contributed by atoms with Crippen LogP contribution in [-0.2, 0) is 9.47 Å². The number of ketones is 1. The van der Waals surface area contributed by atoms with Gasteiger partial charge in [0.2, 0.25) is 0 Å². The Hall–Kier alpha value is -2.88. The van der Waals surface area contributed by atoms with E-state index in [0.717, 1.165) is 0 Å². The van der Waals surface area contributed by atoms with Gasteiger partial charge >= 0.3 is 6.36 Å². The van der Waals surface area contributed by atoms with Crippen LogP contribution in [0.2, 0.25) is 0 Å². The molecule has 0 aliphatic rings. The van der Waals surface area contributed by atoms with Crippen molar-refractivity contribution in [3.63, 3.8) is 0 Å². The van der Waals surface area contributed by atoms with Crippen LogP contribution in [0.15, 0.2) is 42.5 Å². The van der Waals surface area contributed by atoms with Crippen molar-refractivity contribution in [3.8, 4) is 11.5 Å². The lowest BCUT2D eigenvalue weighted by molar-refractivity contribution is -0.274. The summed E-state index contributed by atoms with van der Waals surface area (Å²) < 4.78 is 56.5. The number of carbonyl (C=O) groups is 1. The molecule has 2 rings (SSSR count). The topological polar surface area (TPSA) is 74.2 Å². The van der Waals surface area contributed by atoms with Gasteiger partial charge in [-0.3, -0.25) is 4.79 Å². The minimum Gasteiger partial charge on any atom is -0.496 e. The van der Waals surface area contributed by atoms with Crippen LogP contribution in [0.3, 0.4) is 0 Å². The Labute approximate surface area is 190 Å². The molecule has 0 atom stereocenters. The van der Waals surface area contributed by atoms with E-state index in [0.29, 0.717) is 55.1 Å². The summed E-state index contributed by atoms with van der Waals surface area (Å²) in [6, 6.07) is 10.5. The van der Waals surface area contributed by atoms with Crippen molar-refractivity contribution < 1.29 is 42.0 Å². The highest BCUT2D eigenvalue weighted by molar-refractivity contribution is 5.97. The van der Waals surface area contributed by atoms with Gasteiger partial charge in [-0.1, -0.05) is 24.3 Å². The Kier molecular flexibility index (Phi) is 10.9. The number of hydrogen-bond acceptors (Lipinski definition) is 6. The van der Waals surface area contributed by atoms with Crippen LogP contribution in [-0.4, -0.2) is 57.4 Å². The van der Waals surface area contributed by atoms with Gasteiger partial charge in [0, 0.05) is 24.2 Å². The summed E-state index contributed by atoms with van der Waals surface area (Å²) >= 11 is 0. The number of methoxy groups -OCH3 is 1. The first kappa shape index (κ1) is 26.4. The number of aliphatic hydroxyl groups excluding tert-OH is 1. The lowest BCUT2D eigenvalue weighted by Gasteiger charge is -2.09. The molecule has 0 bridgehead atoms. The van der Waals surface area contributed by atoms with E-state index in [1.54, 1.807) is 30.4 Å². The summed E-state index contributed by atoms with van der Waals surface area (Å²) in [6.07, 6.45) is -0.435. The van der Waals surface area contributed by atoms with Crippen molar-refractivity contribution in [2.75, 3.05) is 40.1 Å². The molecule has 1 N–H and O–H groups in total. The van der Waals surface area contributed by atoms with Gasteiger partial charge in [-0.05, 0) is 42.3 Å². The zero-order valence-corrected chi connectivity index (χ0v) is 18.3. The molecule has 0 radical (unpaired) electrons. The van der Waals surface area contributed by atoms with Gasteiger partial charge in [-0.2, -0.15) is 0 Å². The zero-order chi connectivity index (χ0) is 24.1. The molecule has 0 amide bonds. The second-order valence-corrected chi connectivity index (χ2v) is 6.88. The van der Waals surface area contributed by atoms with Crippen molar-refractivity contribution in [2.24, 2.45) is 0 Å². The highest BCUT2D eigenvalue weighted by atomic mass is 19.4. The number of rotatable bonds is 14. The molecular weight excluding hydrogens is 441 g/mol. The fourth-order valence-corrected chi connectivity index (χ4v) is 2.87. The molecule has 0 spiro atoms. The minimum atomic E-state index is -4.74. The van der Waals surface area contributed by atoms with E-state index in [9.17, 15) is 18.0 Å². The Morgan fingerprint density at radius 2 is 1.67 bits per heavy atom. The highest BCUT2D eigenvalue weighted by Gasteiger charge is 2.30. The SMILES string of the molecule is COc1ccc(C(=O)CCCOCCOCCO)cc1/C=C/c1ccc(OC(F)(F)F)cc1. The standard InChI is InChI=1S/C24H27F3O6/c1-30-23-11-8-19(22(29)3-2-13-31-15-16-32-14-12-28)17-20(23)7-4-18-5-9-21(10-6-18)33-24(25,26)27/h4-11,17,28H,2-3,12-16H2,1H3/b7-4+. The quantitative estimate of drug-likeness (QED) is 0.245. The lowest BCUT2D eigenvalue weighted by Crippen LogP contribution is -2.16. The number of alkyl halides is 3. The molecule has 0 aromatic heterocycles. The second-order valence-electron chi connectivity index (χ2n) is 6.88. The van der Waals surface area contributed by atoms with E-state index in [1.165, 1.54) is 31.4 Å². The van der Waals surface area contributed by atoms with Gasteiger partial charge in [-0.15, -0.1) is 13.2 Å². The molecule has 0 aliphatic heterocycles. The van der Waals surface area contributed by atoms with Crippen molar-refractivity contribution in [2.45, 2.75) is 19.2 Å². The zero-order valence-electron chi connectivity index (χ0n) is 18.3. The summed E-state index contributed by atoms with van der Waals surface area (Å²) in [7, 11) is 1.51. The molecule has 0 fully saturated rings. The fourth-order valence-electron chi connectivity index (χ4n) is 2.87.